The van der Waals surface area contributed by atoms with Crippen molar-refractivity contribution in [2.75, 3.05) is 6.61 Å². The summed E-state index contributed by atoms with van der Waals surface area (Å²) in [6.45, 7) is 2.74. The van der Waals surface area contributed by atoms with Crippen LogP contribution >= 0.6 is 0 Å². The first-order valence-electron chi connectivity index (χ1n) is 10.2. The molecule has 4 aliphatic carbocycles. The number of ketones is 2. The lowest BCUT2D eigenvalue weighted by molar-refractivity contribution is -0.189. The Labute approximate surface area is 169 Å². The van der Waals surface area contributed by atoms with Gasteiger partial charge in [0.1, 0.15) is 12.2 Å². The van der Waals surface area contributed by atoms with E-state index >= 15 is 0 Å². The van der Waals surface area contributed by atoms with E-state index in [1.54, 1.807) is 13.0 Å². The topological polar surface area (TPSA) is 132 Å². The number of aliphatic hydroxyl groups is 3. The minimum absolute atomic E-state index is 0.0650. The maximum atomic E-state index is 12.6. The maximum Gasteiger partial charge on any atom is 0.309 e. The third-order valence-corrected chi connectivity index (χ3v) is 8.62. The van der Waals surface area contributed by atoms with Gasteiger partial charge in [0.15, 0.2) is 11.6 Å². The summed E-state index contributed by atoms with van der Waals surface area (Å²) in [6, 6.07) is 0. The van der Waals surface area contributed by atoms with Crippen molar-refractivity contribution in [3.63, 3.8) is 0 Å². The quantitative estimate of drug-likeness (QED) is 0.549. The third-order valence-electron chi connectivity index (χ3n) is 8.62. The van der Waals surface area contributed by atoms with Gasteiger partial charge in [-0.25, -0.2) is 0 Å². The molecule has 4 rings (SSSR count). The number of allylic oxidation sites excluding steroid dienone is 4. The van der Waals surface area contributed by atoms with Gasteiger partial charge < -0.3 is 20.4 Å². The number of hydrogen-bond donors (Lipinski definition) is 4. The van der Waals surface area contributed by atoms with Crippen LogP contribution in [0.4, 0.5) is 0 Å². The van der Waals surface area contributed by atoms with Crippen LogP contribution in [0.25, 0.3) is 0 Å². The van der Waals surface area contributed by atoms with E-state index in [4.69, 9.17) is 0 Å². The average Bonchev–Trinajstić information content (AvgIpc) is 2.90. The molecule has 29 heavy (non-hydrogen) atoms. The van der Waals surface area contributed by atoms with Crippen molar-refractivity contribution < 1.29 is 34.8 Å². The molecule has 8 atom stereocenters. The molecule has 0 spiro atoms. The van der Waals surface area contributed by atoms with Crippen molar-refractivity contribution in [1.82, 2.24) is 0 Å². The number of rotatable bonds is 3. The first-order chi connectivity index (χ1) is 13.5. The van der Waals surface area contributed by atoms with Crippen molar-refractivity contribution in [2.24, 2.45) is 34.5 Å². The minimum Gasteiger partial charge on any atom is -0.481 e. The summed E-state index contributed by atoms with van der Waals surface area (Å²) in [5.41, 5.74) is -2.91. The second-order valence-electron chi connectivity index (χ2n) is 9.69. The average molecular weight is 404 g/mol. The second kappa shape index (κ2) is 6.33. The van der Waals surface area contributed by atoms with Gasteiger partial charge in [-0.15, -0.1) is 0 Å². The molecule has 0 unspecified atom stereocenters. The predicted molar refractivity (Wildman–Crippen MR) is 102 cm³/mol. The molecule has 0 amide bonds. The lowest BCUT2D eigenvalue weighted by atomic mass is 9.46. The number of fused-ring (bicyclic) bond motifs is 5. The van der Waals surface area contributed by atoms with E-state index in [9.17, 15) is 34.8 Å². The van der Waals surface area contributed by atoms with Crippen LogP contribution in [0.2, 0.25) is 0 Å². The van der Waals surface area contributed by atoms with Crippen LogP contribution in [0, 0.1) is 34.5 Å². The number of carboxylic acids is 1. The number of aliphatic hydroxyl groups excluding tert-OH is 2. The molecular weight excluding hydrogens is 376 g/mol. The first kappa shape index (κ1) is 20.4. The Hall–Kier alpha value is -1.83. The Bertz CT molecular complexity index is 844. The Morgan fingerprint density at radius 1 is 1.28 bits per heavy atom. The minimum atomic E-state index is -2.22. The van der Waals surface area contributed by atoms with E-state index in [0.29, 0.717) is 12.8 Å². The van der Waals surface area contributed by atoms with Crippen LogP contribution in [0.3, 0.4) is 0 Å². The molecule has 0 aromatic heterocycles. The zero-order valence-corrected chi connectivity index (χ0v) is 16.7. The number of hydrogen-bond acceptors (Lipinski definition) is 6. The normalized spacial score (nSPS) is 48.4. The number of Topliss-reactive ketones (excluding diaryl/α,β-unsaturated/α-hetero) is 1. The second-order valence-corrected chi connectivity index (χ2v) is 9.69. The Kier molecular flexibility index (Phi) is 4.46. The SMILES string of the molecule is C[C@]12C=CC(=O)C=C1CC[C@@H]1[C@@H]2[C@@H](O)C[C@@]2(C)[C@H]1C[C@@H](C(=O)O)[C@]2(O)C(=O)CO. The highest BCUT2D eigenvalue weighted by Crippen LogP contribution is 2.68. The molecule has 0 radical (unpaired) electrons. The smallest absolute Gasteiger partial charge is 0.309 e. The van der Waals surface area contributed by atoms with E-state index in [0.717, 1.165) is 5.57 Å². The molecule has 0 heterocycles. The monoisotopic (exact) mass is 404 g/mol. The van der Waals surface area contributed by atoms with Crippen molar-refractivity contribution in [1.29, 1.82) is 0 Å². The van der Waals surface area contributed by atoms with Crippen LogP contribution in [0.15, 0.2) is 23.8 Å². The molecule has 4 N–H and O–H groups in total. The molecule has 158 valence electrons. The standard InChI is InChI=1S/C22H28O7/c1-20-6-5-12(24)7-11(20)3-4-13-14-8-15(19(27)28)22(29,17(26)10-23)21(14,2)9-16(25)18(13)20/h5-7,13-16,18,23,25,29H,3-4,8-10H2,1-2H3,(H,27,28)/t13-,14-,15-,16-,18+,20-,21-,22-/m0/s1. The van der Waals surface area contributed by atoms with Crippen LogP contribution in [0.1, 0.15) is 39.5 Å². The van der Waals surface area contributed by atoms with Gasteiger partial charge in [0, 0.05) is 16.7 Å². The van der Waals surface area contributed by atoms with E-state index in [-0.39, 0.29) is 36.4 Å². The van der Waals surface area contributed by atoms with Crippen LogP contribution in [-0.4, -0.2) is 56.3 Å². The fourth-order valence-electron chi connectivity index (χ4n) is 7.28. The van der Waals surface area contributed by atoms with Gasteiger partial charge in [-0.05, 0) is 49.7 Å². The fraction of sp³-hybridized carbons (Fsp3) is 0.682. The number of aliphatic carboxylic acids is 1. The molecule has 7 heteroatoms. The summed E-state index contributed by atoms with van der Waals surface area (Å²) in [4.78, 5) is 36.4. The van der Waals surface area contributed by atoms with Crippen molar-refractivity contribution in [2.45, 2.75) is 51.2 Å². The highest BCUT2D eigenvalue weighted by Gasteiger charge is 2.72. The van der Waals surface area contributed by atoms with Gasteiger partial charge >= 0.3 is 5.97 Å². The molecule has 4 aliphatic rings. The largest absolute Gasteiger partial charge is 0.481 e. The predicted octanol–water partition coefficient (Wildman–Crippen LogP) is 0.868. The highest BCUT2D eigenvalue weighted by atomic mass is 16.4. The fourth-order valence-corrected chi connectivity index (χ4v) is 7.28. The highest BCUT2D eigenvalue weighted by molar-refractivity contribution is 6.01. The summed E-state index contributed by atoms with van der Waals surface area (Å²) in [7, 11) is 0. The molecule has 0 aliphatic heterocycles. The summed E-state index contributed by atoms with van der Waals surface area (Å²) in [5.74, 6) is -4.18. The van der Waals surface area contributed by atoms with Crippen LogP contribution in [0.5, 0.6) is 0 Å². The van der Waals surface area contributed by atoms with Gasteiger partial charge in [-0.3, -0.25) is 14.4 Å². The van der Waals surface area contributed by atoms with Gasteiger partial charge in [-0.1, -0.05) is 25.5 Å². The summed E-state index contributed by atoms with van der Waals surface area (Å²) >= 11 is 0. The number of carbonyl (C=O) groups is 3. The van der Waals surface area contributed by atoms with Crippen molar-refractivity contribution in [3.05, 3.63) is 23.8 Å². The Balaban J connectivity index is 1.81. The van der Waals surface area contributed by atoms with E-state index < -0.39 is 46.8 Å². The number of carbonyl (C=O) groups excluding carboxylic acids is 2. The van der Waals surface area contributed by atoms with E-state index in [1.165, 1.54) is 6.08 Å². The molecular formula is C22H28O7. The molecule has 3 fully saturated rings. The van der Waals surface area contributed by atoms with Crippen LogP contribution in [-0.2, 0) is 14.4 Å². The van der Waals surface area contributed by atoms with Crippen molar-refractivity contribution >= 4 is 17.5 Å². The zero-order chi connectivity index (χ0) is 21.4. The molecule has 3 saturated carbocycles. The Morgan fingerprint density at radius 3 is 2.59 bits per heavy atom. The summed E-state index contributed by atoms with van der Waals surface area (Å²) < 4.78 is 0. The van der Waals surface area contributed by atoms with E-state index in [1.807, 2.05) is 13.0 Å². The lowest BCUT2D eigenvalue weighted by Crippen LogP contribution is -2.63. The molecule has 0 aromatic rings. The van der Waals surface area contributed by atoms with Gasteiger partial charge in [0.25, 0.3) is 0 Å². The number of carboxylic acid groups (broad SMARTS) is 1. The van der Waals surface area contributed by atoms with Gasteiger partial charge in [0.05, 0.1) is 12.0 Å². The zero-order valence-electron chi connectivity index (χ0n) is 16.7. The third kappa shape index (κ3) is 2.44. The molecule has 0 saturated heterocycles. The maximum absolute atomic E-state index is 12.6. The first-order valence-corrected chi connectivity index (χ1v) is 10.2. The van der Waals surface area contributed by atoms with Crippen molar-refractivity contribution in [3.8, 4) is 0 Å². The van der Waals surface area contributed by atoms with E-state index in [2.05, 4.69) is 0 Å². The van der Waals surface area contributed by atoms with Gasteiger partial charge in [-0.2, -0.15) is 0 Å². The molecule has 0 aromatic carbocycles. The Morgan fingerprint density at radius 2 is 1.97 bits per heavy atom. The van der Waals surface area contributed by atoms with Crippen LogP contribution < -0.4 is 0 Å². The van der Waals surface area contributed by atoms with Gasteiger partial charge in [0.2, 0.25) is 0 Å². The lowest BCUT2D eigenvalue weighted by Gasteiger charge is -2.59. The molecule has 0 bridgehead atoms. The molecule has 7 nitrogen and oxygen atoms in total. The summed E-state index contributed by atoms with van der Waals surface area (Å²) in [6.07, 6.45) is 5.62. The summed E-state index contributed by atoms with van der Waals surface area (Å²) in [5, 5.41) is 41.9.